The van der Waals surface area contributed by atoms with Gasteiger partial charge in [0.25, 0.3) is 5.91 Å². The second-order valence-electron chi connectivity index (χ2n) is 5.17. The standard InChI is InChI=1S/C16H20N6O2S.ClH/c1-10(23)21-16-22-13(14(25-16)15(24)18-2)8-5-11-3-6-12(7-4-11)19-9-20-17;/h3-4,6-7,9H,5,8,17H2,1-2H3,(H,18,24)(H,19,20)(H,21,22,23);1H. The van der Waals surface area contributed by atoms with E-state index < -0.39 is 0 Å². The van der Waals surface area contributed by atoms with Crippen LogP contribution in [0.25, 0.3) is 0 Å². The van der Waals surface area contributed by atoms with Crippen molar-refractivity contribution >= 4 is 52.7 Å². The lowest BCUT2D eigenvalue weighted by molar-refractivity contribution is -0.114. The van der Waals surface area contributed by atoms with Crippen molar-refractivity contribution in [3.05, 3.63) is 40.4 Å². The highest BCUT2D eigenvalue weighted by Gasteiger charge is 2.17. The van der Waals surface area contributed by atoms with Gasteiger partial charge in [0.05, 0.1) is 5.69 Å². The summed E-state index contributed by atoms with van der Waals surface area (Å²) in [6, 6.07) is 7.79. The Bertz CT molecular complexity index is 776. The molecule has 2 amide bonds. The summed E-state index contributed by atoms with van der Waals surface area (Å²) in [5, 5.41) is 12.0. The summed E-state index contributed by atoms with van der Waals surface area (Å²) in [7, 11) is 1.57. The number of benzene rings is 1. The second-order valence-corrected chi connectivity index (χ2v) is 6.17. The van der Waals surface area contributed by atoms with Gasteiger partial charge in [0.2, 0.25) is 5.91 Å². The number of carbonyl (C=O) groups is 2. The van der Waals surface area contributed by atoms with Crippen LogP contribution >= 0.6 is 23.7 Å². The largest absolute Gasteiger partial charge is 0.354 e. The predicted molar refractivity (Wildman–Crippen MR) is 107 cm³/mol. The van der Waals surface area contributed by atoms with Crippen LogP contribution in [-0.2, 0) is 17.6 Å². The van der Waals surface area contributed by atoms with Crippen molar-refractivity contribution in [3.63, 3.8) is 0 Å². The Hall–Kier alpha value is -2.65. The third-order valence-corrected chi connectivity index (χ3v) is 4.34. The fourth-order valence-electron chi connectivity index (χ4n) is 2.16. The summed E-state index contributed by atoms with van der Waals surface area (Å²) < 4.78 is 0. The number of amides is 2. The van der Waals surface area contributed by atoms with E-state index >= 15 is 0 Å². The summed E-state index contributed by atoms with van der Waals surface area (Å²) in [6.45, 7) is 1.41. The SMILES string of the molecule is CNC(=O)c1sc(NC(C)=O)nc1CCc1ccc(NC=NN)cc1.Cl. The zero-order valence-corrected chi connectivity index (χ0v) is 16.0. The highest BCUT2D eigenvalue weighted by atomic mass is 35.5. The van der Waals surface area contributed by atoms with Gasteiger partial charge in [-0.1, -0.05) is 23.5 Å². The molecule has 26 heavy (non-hydrogen) atoms. The molecule has 0 saturated heterocycles. The lowest BCUT2D eigenvalue weighted by Gasteiger charge is -2.04. The summed E-state index contributed by atoms with van der Waals surface area (Å²) >= 11 is 1.18. The van der Waals surface area contributed by atoms with E-state index in [4.69, 9.17) is 5.84 Å². The molecule has 140 valence electrons. The van der Waals surface area contributed by atoms with Crippen molar-refractivity contribution in [3.8, 4) is 0 Å². The maximum absolute atomic E-state index is 12.0. The van der Waals surface area contributed by atoms with Crippen molar-refractivity contribution in [2.45, 2.75) is 19.8 Å². The van der Waals surface area contributed by atoms with Gasteiger partial charge in [0.15, 0.2) is 5.13 Å². The molecular formula is C16H21ClN6O2S. The molecule has 0 aliphatic carbocycles. The number of nitrogens with two attached hydrogens (primary N) is 1. The van der Waals surface area contributed by atoms with Crippen LogP contribution in [0.4, 0.5) is 10.8 Å². The van der Waals surface area contributed by atoms with Gasteiger partial charge in [-0.25, -0.2) is 4.98 Å². The monoisotopic (exact) mass is 396 g/mol. The third-order valence-electron chi connectivity index (χ3n) is 3.32. The Morgan fingerprint density at radius 3 is 2.54 bits per heavy atom. The van der Waals surface area contributed by atoms with Crippen LogP contribution in [0.3, 0.4) is 0 Å². The van der Waals surface area contributed by atoms with Crippen LogP contribution in [0.15, 0.2) is 29.4 Å². The summed E-state index contributed by atoms with van der Waals surface area (Å²) in [5.41, 5.74) is 2.66. The van der Waals surface area contributed by atoms with Gasteiger partial charge in [-0.2, -0.15) is 5.10 Å². The zero-order valence-electron chi connectivity index (χ0n) is 14.4. The van der Waals surface area contributed by atoms with E-state index in [1.165, 1.54) is 24.6 Å². The minimum absolute atomic E-state index is 0. The number of nitrogens with one attached hydrogen (secondary N) is 3. The number of carbonyl (C=O) groups excluding carboxylic acids is 2. The minimum Gasteiger partial charge on any atom is -0.354 e. The Kier molecular flexibility index (Phi) is 8.53. The van der Waals surface area contributed by atoms with Crippen LogP contribution in [0.2, 0.25) is 0 Å². The smallest absolute Gasteiger partial charge is 0.263 e. The predicted octanol–water partition coefficient (Wildman–Crippen LogP) is 1.98. The molecule has 0 radical (unpaired) electrons. The highest BCUT2D eigenvalue weighted by Crippen LogP contribution is 2.24. The van der Waals surface area contributed by atoms with Gasteiger partial charge in [0, 0.05) is 19.7 Å². The van der Waals surface area contributed by atoms with E-state index in [9.17, 15) is 9.59 Å². The summed E-state index contributed by atoms with van der Waals surface area (Å²) in [6.07, 6.45) is 2.72. The van der Waals surface area contributed by atoms with E-state index in [0.717, 1.165) is 17.7 Å². The molecule has 5 N–H and O–H groups in total. The maximum atomic E-state index is 12.0. The average molecular weight is 397 g/mol. The summed E-state index contributed by atoms with van der Waals surface area (Å²) in [5.74, 6) is 4.62. The van der Waals surface area contributed by atoms with E-state index in [2.05, 4.69) is 26.0 Å². The number of hydrogen-bond acceptors (Lipinski definition) is 6. The van der Waals surface area contributed by atoms with Crippen molar-refractivity contribution in [1.29, 1.82) is 0 Å². The Morgan fingerprint density at radius 2 is 1.96 bits per heavy atom. The number of halogens is 1. The first-order chi connectivity index (χ1) is 12.0. The molecule has 2 aromatic rings. The normalized spacial score (nSPS) is 10.2. The molecule has 0 spiro atoms. The number of hydrogen-bond donors (Lipinski definition) is 4. The molecule has 0 saturated carbocycles. The molecule has 8 nitrogen and oxygen atoms in total. The van der Waals surface area contributed by atoms with E-state index in [1.54, 1.807) is 7.05 Å². The van der Waals surface area contributed by atoms with Gasteiger partial charge in [-0.15, -0.1) is 12.4 Å². The van der Waals surface area contributed by atoms with Crippen LogP contribution in [0, 0.1) is 0 Å². The Balaban J connectivity index is 0.00000338. The second kappa shape index (κ2) is 10.4. The van der Waals surface area contributed by atoms with Crippen molar-refractivity contribution < 1.29 is 9.59 Å². The molecule has 1 heterocycles. The fraction of sp³-hybridized carbons (Fsp3) is 0.250. The molecular weight excluding hydrogens is 376 g/mol. The lowest BCUT2D eigenvalue weighted by atomic mass is 10.1. The van der Waals surface area contributed by atoms with Gasteiger partial charge < -0.3 is 21.8 Å². The fourth-order valence-corrected chi connectivity index (χ4v) is 3.16. The van der Waals surface area contributed by atoms with Crippen LogP contribution in [0.1, 0.15) is 27.9 Å². The molecule has 0 unspecified atom stereocenters. The first-order valence-electron chi connectivity index (χ1n) is 7.60. The van der Waals surface area contributed by atoms with Gasteiger partial charge in [-0.05, 0) is 30.5 Å². The molecule has 2 rings (SSSR count). The van der Waals surface area contributed by atoms with Gasteiger partial charge in [-0.3, -0.25) is 9.59 Å². The van der Waals surface area contributed by atoms with Gasteiger partial charge in [0.1, 0.15) is 11.2 Å². The van der Waals surface area contributed by atoms with E-state index in [-0.39, 0.29) is 24.2 Å². The number of anilines is 2. The maximum Gasteiger partial charge on any atom is 0.263 e. The molecule has 0 aliphatic rings. The number of nitrogens with zero attached hydrogens (tertiary/aromatic N) is 2. The molecule has 1 aromatic heterocycles. The molecule has 0 atom stereocenters. The Labute approximate surface area is 161 Å². The first-order valence-corrected chi connectivity index (χ1v) is 8.41. The topological polar surface area (TPSA) is 122 Å². The quantitative estimate of drug-likeness (QED) is 0.247. The average Bonchev–Trinajstić information content (AvgIpc) is 3.00. The highest BCUT2D eigenvalue weighted by molar-refractivity contribution is 7.17. The molecule has 0 aliphatic heterocycles. The zero-order chi connectivity index (χ0) is 18.2. The molecule has 1 aromatic carbocycles. The minimum atomic E-state index is -0.215. The van der Waals surface area contributed by atoms with Crippen LogP contribution < -0.4 is 21.8 Å². The molecule has 0 fully saturated rings. The van der Waals surface area contributed by atoms with Gasteiger partial charge >= 0.3 is 0 Å². The lowest BCUT2D eigenvalue weighted by Crippen LogP contribution is -2.18. The van der Waals surface area contributed by atoms with Crippen LogP contribution in [-0.4, -0.2) is 30.2 Å². The van der Waals surface area contributed by atoms with Crippen molar-refractivity contribution in [1.82, 2.24) is 10.3 Å². The molecule has 10 heteroatoms. The van der Waals surface area contributed by atoms with Crippen LogP contribution in [0.5, 0.6) is 0 Å². The number of rotatable bonds is 7. The first kappa shape index (κ1) is 21.4. The third kappa shape index (κ3) is 6.01. The summed E-state index contributed by atoms with van der Waals surface area (Å²) in [4.78, 5) is 28.1. The number of thiazole rings is 1. The van der Waals surface area contributed by atoms with E-state index in [1.807, 2.05) is 24.3 Å². The Morgan fingerprint density at radius 1 is 1.27 bits per heavy atom. The number of aryl methyl sites for hydroxylation is 2. The van der Waals surface area contributed by atoms with Crippen molar-refractivity contribution in [2.24, 2.45) is 10.9 Å². The number of hydrazone groups is 1. The number of aromatic nitrogens is 1. The molecule has 0 bridgehead atoms. The van der Waals surface area contributed by atoms with E-state index in [0.29, 0.717) is 22.1 Å². The van der Waals surface area contributed by atoms with Crippen molar-refractivity contribution in [2.75, 3.05) is 17.7 Å².